The Balaban J connectivity index is 1.98. The monoisotopic (exact) mass is 265 g/mol. The smallest absolute Gasteiger partial charge is 0.0895 e. The summed E-state index contributed by atoms with van der Waals surface area (Å²) in [7, 11) is 0. The highest BCUT2D eigenvalue weighted by atomic mass is 35.5. The van der Waals surface area contributed by atoms with Crippen LogP contribution in [0, 0.1) is 0 Å². The van der Waals surface area contributed by atoms with Crippen molar-refractivity contribution in [3.8, 4) is 0 Å². The van der Waals surface area contributed by atoms with Gasteiger partial charge in [0.1, 0.15) is 0 Å². The summed E-state index contributed by atoms with van der Waals surface area (Å²) in [6.07, 6.45) is 4.04. The molecule has 3 rings (SSSR count). The summed E-state index contributed by atoms with van der Waals surface area (Å²) >= 11 is 6.16. The van der Waals surface area contributed by atoms with Crippen molar-refractivity contribution in [1.82, 2.24) is 4.98 Å². The SMILES string of the molecule is Clc1cccc2ccc(/C=C/c3ccccc3)nc12. The van der Waals surface area contributed by atoms with E-state index in [1.54, 1.807) is 0 Å². The second-order valence-electron chi connectivity index (χ2n) is 4.29. The second-order valence-corrected chi connectivity index (χ2v) is 4.70. The molecule has 92 valence electrons. The third kappa shape index (κ3) is 2.67. The van der Waals surface area contributed by atoms with E-state index in [0.29, 0.717) is 5.02 Å². The van der Waals surface area contributed by atoms with Crippen LogP contribution in [-0.2, 0) is 0 Å². The van der Waals surface area contributed by atoms with Gasteiger partial charge in [-0.3, -0.25) is 0 Å². The lowest BCUT2D eigenvalue weighted by Crippen LogP contribution is -1.84. The van der Waals surface area contributed by atoms with Crippen LogP contribution in [0.1, 0.15) is 11.3 Å². The van der Waals surface area contributed by atoms with Gasteiger partial charge >= 0.3 is 0 Å². The van der Waals surface area contributed by atoms with Crippen LogP contribution in [0.25, 0.3) is 23.1 Å². The zero-order chi connectivity index (χ0) is 13.1. The Hall–Kier alpha value is -2.12. The number of para-hydroxylation sites is 1. The fraction of sp³-hybridized carbons (Fsp3) is 0. The molecule has 1 aromatic heterocycles. The maximum atomic E-state index is 6.16. The van der Waals surface area contributed by atoms with Gasteiger partial charge in [0.05, 0.1) is 16.2 Å². The number of halogens is 1. The zero-order valence-corrected chi connectivity index (χ0v) is 11.0. The Kier molecular flexibility index (Phi) is 3.30. The summed E-state index contributed by atoms with van der Waals surface area (Å²) in [6.45, 7) is 0. The number of rotatable bonds is 2. The fourth-order valence-corrected chi connectivity index (χ4v) is 2.19. The van der Waals surface area contributed by atoms with Crippen LogP contribution >= 0.6 is 11.6 Å². The molecule has 0 atom stereocenters. The van der Waals surface area contributed by atoms with Crippen molar-refractivity contribution >= 4 is 34.7 Å². The molecule has 1 nitrogen and oxygen atoms in total. The van der Waals surface area contributed by atoms with Crippen molar-refractivity contribution in [2.24, 2.45) is 0 Å². The minimum Gasteiger partial charge on any atom is -0.247 e. The first-order chi connectivity index (χ1) is 9.33. The number of nitrogens with zero attached hydrogens (tertiary/aromatic N) is 1. The number of fused-ring (bicyclic) bond motifs is 1. The number of aromatic nitrogens is 1. The minimum atomic E-state index is 0.687. The Morgan fingerprint density at radius 2 is 1.63 bits per heavy atom. The summed E-state index contributed by atoms with van der Waals surface area (Å²) in [5.74, 6) is 0. The van der Waals surface area contributed by atoms with Gasteiger partial charge in [-0.05, 0) is 23.8 Å². The Morgan fingerprint density at radius 1 is 0.789 bits per heavy atom. The standard InChI is InChI=1S/C17H12ClN/c18-16-8-4-7-14-10-12-15(19-17(14)16)11-9-13-5-2-1-3-6-13/h1-12H/b11-9+. The summed E-state index contributed by atoms with van der Waals surface area (Å²) in [5.41, 5.74) is 2.91. The van der Waals surface area contributed by atoms with E-state index in [0.717, 1.165) is 22.2 Å². The molecule has 19 heavy (non-hydrogen) atoms. The van der Waals surface area contributed by atoms with E-state index in [9.17, 15) is 0 Å². The van der Waals surface area contributed by atoms with Gasteiger partial charge in [-0.25, -0.2) is 4.98 Å². The van der Waals surface area contributed by atoms with Gasteiger partial charge in [0.25, 0.3) is 0 Å². The largest absolute Gasteiger partial charge is 0.247 e. The molecule has 0 spiro atoms. The molecule has 0 aliphatic rings. The quantitative estimate of drug-likeness (QED) is 0.631. The van der Waals surface area contributed by atoms with Crippen LogP contribution in [0.4, 0.5) is 0 Å². The molecule has 0 aliphatic heterocycles. The maximum Gasteiger partial charge on any atom is 0.0895 e. The lowest BCUT2D eigenvalue weighted by atomic mass is 10.1. The number of hydrogen-bond acceptors (Lipinski definition) is 1. The van der Waals surface area contributed by atoms with Gasteiger partial charge in [0.2, 0.25) is 0 Å². The summed E-state index contributed by atoms with van der Waals surface area (Å²) in [6, 6.07) is 20.0. The Bertz CT molecular complexity index is 733. The molecule has 0 bridgehead atoms. The number of hydrogen-bond donors (Lipinski definition) is 0. The van der Waals surface area contributed by atoms with Crippen LogP contribution in [-0.4, -0.2) is 4.98 Å². The number of benzene rings is 2. The highest BCUT2D eigenvalue weighted by Gasteiger charge is 2.00. The van der Waals surface area contributed by atoms with Crippen LogP contribution < -0.4 is 0 Å². The zero-order valence-electron chi connectivity index (χ0n) is 10.3. The van der Waals surface area contributed by atoms with Crippen molar-refractivity contribution in [3.05, 3.63) is 76.9 Å². The highest BCUT2D eigenvalue weighted by molar-refractivity contribution is 6.35. The van der Waals surface area contributed by atoms with Gasteiger partial charge in [-0.2, -0.15) is 0 Å². The molecule has 2 heteroatoms. The van der Waals surface area contributed by atoms with E-state index >= 15 is 0 Å². The first-order valence-electron chi connectivity index (χ1n) is 6.11. The highest BCUT2D eigenvalue weighted by Crippen LogP contribution is 2.22. The first kappa shape index (κ1) is 11.9. The Morgan fingerprint density at radius 3 is 2.47 bits per heavy atom. The van der Waals surface area contributed by atoms with Gasteiger partial charge < -0.3 is 0 Å². The minimum absolute atomic E-state index is 0.687. The van der Waals surface area contributed by atoms with Crippen molar-refractivity contribution in [3.63, 3.8) is 0 Å². The normalized spacial score (nSPS) is 11.2. The molecule has 0 aliphatic carbocycles. The average molecular weight is 266 g/mol. The first-order valence-corrected chi connectivity index (χ1v) is 6.49. The molecule has 0 radical (unpaired) electrons. The van der Waals surface area contributed by atoms with Crippen molar-refractivity contribution in [2.45, 2.75) is 0 Å². The van der Waals surface area contributed by atoms with Gasteiger partial charge in [0, 0.05) is 5.39 Å². The lowest BCUT2D eigenvalue weighted by molar-refractivity contribution is 1.37. The molecule has 3 aromatic rings. The van der Waals surface area contributed by atoms with Crippen LogP contribution in [0.5, 0.6) is 0 Å². The molecule has 2 aromatic carbocycles. The maximum absolute atomic E-state index is 6.16. The summed E-state index contributed by atoms with van der Waals surface area (Å²) < 4.78 is 0. The lowest BCUT2D eigenvalue weighted by Gasteiger charge is -2.01. The predicted octanol–water partition coefficient (Wildman–Crippen LogP) is 5.06. The molecular formula is C17H12ClN. The molecule has 0 fully saturated rings. The van der Waals surface area contributed by atoms with Crippen LogP contribution in [0.15, 0.2) is 60.7 Å². The van der Waals surface area contributed by atoms with Gasteiger partial charge in [0.15, 0.2) is 0 Å². The van der Waals surface area contributed by atoms with E-state index in [1.165, 1.54) is 0 Å². The number of pyridine rings is 1. The van der Waals surface area contributed by atoms with E-state index in [4.69, 9.17) is 11.6 Å². The molecule has 0 unspecified atom stereocenters. The van der Waals surface area contributed by atoms with Gasteiger partial charge in [-0.1, -0.05) is 66.2 Å². The molecular weight excluding hydrogens is 254 g/mol. The second kappa shape index (κ2) is 5.25. The molecule has 0 amide bonds. The molecule has 1 heterocycles. The Labute approximate surface area is 117 Å². The topological polar surface area (TPSA) is 12.9 Å². The van der Waals surface area contributed by atoms with Crippen molar-refractivity contribution in [2.75, 3.05) is 0 Å². The summed E-state index contributed by atoms with van der Waals surface area (Å²) in [5, 5.41) is 1.75. The third-order valence-corrected chi connectivity index (χ3v) is 3.24. The van der Waals surface area contributed by atoms with E-state index < -0.39 is 0 Å². The third-order valence-electron chi connectivity index (χ3n) is 2.94. The van der Waals surface area contributed by atoms with Crippen molar-refractivity contribution in [1.29, 1.82) is 0 Å². The fourth-order valence-electron chi connectivity index (χ4n) is 1.96. The van der Waals surface area contributed by atoms with Gasteiger partial charge in [-0.15, -0.1) is 0 Å². The molecule has 0 saturated carbocycles. The van der Waals surface area contributed by atoms with Crippen LogP contribution in [0.2, 0.25) is 5.02 Å². The average Bonchev–Trinajstić information content (AvgIpc) is 2.47. The summed E-state index contributed by atoms with van der Waals surface area (Å²) in [4.78, 5) is 4.57. The van der Waals surface area contributed by atoms with E-state index in [1.807, 2.05) is 60.7 Å². The van der Waals surface area contributed by atoms with Crippen molar-refractivity contribution < 1.29 is 0 Å². The van der Waals surface area contributed by atoms with E-state index in [2.05, 4.69) is 17.1 Å². The predicted molar refractivity (Wildman–Crippen MR) is 82.1 cm³/mol. The van der Waals surface area contributed by atoms with Crippen LogP contribution in [0.3, 0.4) is 0 Å². The molecule has 0 N–H and O–H groups in total. The van der Waals surface area contributed by atoms with E-state index in [-0.39, 0.29) is 0 Å². The molecule has 0 saturated heterocycles.